The van der Waals surface area contributed by atoms with E-state index >= 15 is 0 Å². The maximum absolute atomic E-state index is 12.4. The molecule has 0 aromatic heterocycles. The van der Waals surface area contributed by atoms with Crippen LogP contribution in [0.1, 0.15) is 6.92 Å². The van der Waals surface area contributed by atoms with Gasteiger partial charge in [0.25, 0.3) is 0 Å². The Kier molecular flexibility index (Phi) is 3.89. The quantitative estimate of drug-likeness (QED) is 0.774. The molecule has 2 aromatic rings. The first-order valence-electron chi connectivity index (χ1n) is 5.57. The van der Waals surface area contributed by atoms with Gasteiger partial charge in [0, 0.05) is 0 Å². The normalized spacial score (nSPS) is 11.0. The highest BCUT2D eigenvalue weighted by atomic mass is 31.1. The van der Waals surface area contributed by atoms with E-state index < -0.39 is 7.80 Å². The largest absolute Gasteiger partial charge is 0.489 e. The Morgan fingerprint density at radius 1 is 1.00 bits per heavy atom. The Hall–Kier alpha value is -1.66. The fraction of sp³-hybridized carbons (Fsp3) is 0.143. The average Bonchev–Trinajstić information content (AvgIpc) is 2.40. The summed E-state index contributed by atoms with van der Waals surface area (Å²) in [5, 5.41) is 1.59. The molecular formula is C14H14O2P+. The molecule has 1 atom stereocenters. The Balaban J connectivity index is 2.37. The van der Waals surface area contributed by atoms with Crippen LogP contribution in [0.4, 0.5) is 0 Å². The highest BCUT2D eigenvalue weighted by Crippen LogP contribution is 2.25. The molecule has 0 heterocycles. The van der Waals surface area contributed by atoms with Gasteiger partial charge in [-0.3, -0.25) is 0 Å². The Morgan fingerprint density at radius 2 is 1.65 bits per heavy atom. The van der Waals surface area contributed by atoms with Crippen LogP contribution in [-0.2, 0) is 4.57 Å². The fourth-order valence-corrected chi connectivity index (χ4v) is 2.89. The second kappa shape index (κ2) is 5.60. The zero-order valence-electron chi connectivity index (χ0n) is 9.67. The van der Waals surface area contributed by atoms with Gasteiger partial charge < -0.3 is 4.74 Å². The molecule has 0 saturated carbocycles. The number of hydrogen-bond donors (Lipinski definition) is 0. The second-order valence-corrected chi connectivity index (χ2v) is 5.12. The van der Waals surface area contributed by atoms with Crippen LogP contribution in [0.5, 0.6) is 5.75 Å². The van der Waals surface area contributed by atoms with Crippen LogP contribution in [0.3, 0.4) is 0 Å². The van der Waals surface area contributed by atoms with Gasteiger partial charge in [-0.1, -0.05) is 34.9 Å². The lowest BCUT2D eigenvalue weighted by Crippen LogP contribution is -2.10. The molecule has 0 radical (unpaired) electrons. The van der Waals surface area contributed by atoms with E-state index in [4.69, 9.17) is 4.74 Å². The van der Waals surface area contributed by atoms with Crippen molar-refractivity contribution in [3.05, 3.63) is 54.6 Å². The van der Waals surface area contributed by atoms with E-state index in [0.29, 0.717) is 12.4 Å². The van der Waals surface area contributed by atoms with E-state index in [-0.39, 0.29) is 0 Å². The first-order valence-corrected chi connectivity index (χ1v) is 6.83. The van der Waals surface area contributed by atoms with Gasteiger partial charge in [0.05, 0.1) is 6.61 Å². The molecule has 0 aliphatic heterocycles. The maximum Gasteiger partial charge on any atom is 0.419 e. The minimum atomic E-state index is -1.58. The van der Waals surface area contributed by atoms with Crippen LogP contribution in [-0.4, -0.2) is 6.61 Å². The summed E-state index contributed by atoms with van der Waals surface area (Å²) in [5.74, 6) is 0.708. The lowest BCUT2D eigenvalue weighted by molar-refractivity contribution is 0.343. The third kappa shape index (κ3) is 2.72. The SMILES string of the molecule is CCOc1ccccc1[P+](=O)c1ccccc1. The third-order valence-electron chi connectivity index (χ3n) is 2.37. The molecule has 0 bridgehead atoms. The third-order valence-corrected chi connectivity index (χ3v) is 3.95. The predicted molar refractivity (Wildman–Crippen MR) is 70.9 cm³/mol. The van der Waals surface area contributed by atoms with Crippen LogP contribution in [0, 0.1) is 0 Å². The molecule has 1 unspecified atom stereocenters. The minimum Gasteiger partial charge on any atom is -0.489 e. The van der Waals surface area contributed by atoms with Crippen molar-refractivity contribution in [3.63, 3.8) is 0 Å². The zero-order chi connectivity index (χ0) is 12.1. The molecule has 0 saturated heterocycles. The van der Waals surface area contributed by atoms with Crippen molar-refractivity contribution in [1.82, 2.24) is 0 Å². The van der Waals surface area contributed by atoms with Crippen LogP contribution in [0.25, 0.3) is 0 Å². The molecule has 0 amide bonds. The highest BCUT2D eigenvalue weighted by Gasteiger charge is 2.27. The van der Waals surface area contributed by atoms with Gasteiger partial charge in [0.2, 0.25) is 5.30 Å². The monoisotopic (exact) mass is 245 g/mol. The standard InChI is InChI=1S/C14H14O2P/c1-2-16-13-10-6-7-11-14(13)17(15)12-8-4-3-5-9-12/h3-11H,2H2,1H3/q+1. The molecular weight excluding hydrogens is 231 g/mol. The van der Waals surface area contributed by atoms with Gasteiger partial charge >= 0.3 is 7.80 Å². The highest BCUT2D eigenvalue weighted by molar-refractivity contribution is 7.61. The van der Waals surface area contributed by atoms with Crippen LogP contribution >= 0.6 is 7.80 Å². The molecule has 3 heteroatoms. The van der Waals surface area contributed by atoms with Gasteiger partial charge in [0.15, 0.2) is 11.1 Å². The first-order chi connectivity index (χ1) is 8.33. The minimum absolute atomic E-state index is 0.578. The van der Waals surface area contributed by atoms with Crippen LogP contribution in [0.2, 0.25) is 0 Å². The molecule has 86 valence electrons. The van der Waals surface area contributed by atoms with Crippen molar-refractivity contribution in [2.75, 3.05) is 6.61 Å². The number of rotatable bonds is 4. The van der Waals surface area contributed by atoms with E-state index in [1.165, 1.54) is 0 Å². The topological polar surface area (TPSA) is 26.3 Å². The van der Waals surface area contributed by atoms with Gasteiger partial charge in [-0.2, -0.15) is 0 Å². The summed E-state index contributed by atoms with van der Waals surface area (Å²) in [6, 6.07) is 16.9. The summed E-state index contributed by atoms with van der Waals surface area (Å²) in [5.41, 5.74) is 0. The van der Waals surface area contributed by atoms with Crippen molar-refractivity contribution in [1.29, 1.82) is 0 Å². The van der Waals surface area contributed by atoms with Crippen molar-refractivity contribution < 1.29 is 9.30 Å². The summed E-state index contributed by atoms with van der Waals surface area (Å²) in [6.07, 6.45) is 0. The summed E-state index contributed by atoms with van der Waals surface area (Å²) < 4.78 is 17.9. The zero-order valence-corrected chi connectivity index (χ0v) is 10.6. The molecule has 2 nitrogen and oxygen atoms in total. The predicted octanol–water partition coefficient (Wildman–Crippen LogP) is 2.86. The molecule has 0 aliphatic rings. The Labute approximate surface area is 102 Å². The molecule has 0 aliphatic carbocycles. The lowest BCUT2D eigenvalue weighted by Gasteiger charge is -2.02. The smallest absolute Gasteiger partial charge is 0.419 e. The molecule has 2 aromatic carbocycles. The first kappa shape index (κ1) is 11.8. The van der Waals surface area contributed by atoms with Crippen LogP contribution in [0.15, 0.2) is 54.6 Å². The van der Waals surface area contributed by atoms with Gasteiger partial charge in [-0.15, -0.1) is 0 Å². The number of benzene rings is 2. The van der Waals surface area contributed by atoms with Crippen molar-refractivity contribution in [3.8, 4) is 5.75 Å². The van der Waals surface area contributed by atoms with E-state index in [1.54, 1.807) is 0 Å². The Bertz CT molecular complexity index is 509. The Morgan fingerprint density at radius 3 is 2.35 bits per heavy atom. The second-order valence-electron chi connectivity index (χ2n) is 3.53. The van der Waals surface area contributed by atoms with Crippen LogP contribution < -0.4 is 15.3 Å². The van der Waals surface area contributed by atoms with E-state index in [1.807, 2.05) is 61.5 Å². The van der Waals surface area contributed by atoms with Crippen molar-refractivity contribution >= 4 is 18.4 Å². The summed E-state index contributed by atoms with van der Waals surface area (Å²) in [4.78, 5) is 0. The van der Waals surface area contributed by atoms with E-state index in [2.05, 4.69) is 0 Å². The molecule has 0 N–H and O–H groups in total. The molecule has 2 rings (SSSR count). The summed E-state index contributed by atoms with van der Waals surface area (Å²) in [6.45, 7) is 2.50. The fourth-order valence-electron chi connectivity index (χ4n) is 1.60. The maximum atomic E-state index is 12.4. The lowest BCUT2D eigenvalue weighted by atomic mass is 10.3. The van der Waals surface area contributed by atoms with Gasteiger partial charge in [-0.25, -0.2) is 0 Å². The number of hydrogen-bond acceptors (Lipinski definition) is 2. The van der Waals surface area contributed by atoms with E-state index in [9.17, 15) is 4.57 Å². The van der Waals surface area contributed by atoms with Crippen molar-refractivity contribution in [2.24, 2.45) is 0 Å². The molecule has 17 heavy (non-hydrogen) atoms. The molecule has 0 fully saturated rings. The van der Waals surface area contributed by atoms with Crippen molar-refractivity contribution in [2.45, 2.75) is 6.92 Å². The average molecular weight is 245 g/mol. The van der Waals surface area contributed by atoms with E-state index in [0.717, 1.165) is 10.6 Å². The summed E-state index contributed by atoms with van der Waals surface area (Å²) in [7, 11) is -1.58. The molecule has 0 spiro atoms. The number of para-hydroxylation sites is 1. The number of ether oxygens (including phenoxy) is 1. The summed E-state index contributed by atoms with van der Waals surface area (Å²) >= 11 is 0. The van der Waals surface area contributed by atoms with Gasteiger partial charge in [-0.05, 0) is 31.2 Å². The van der Waals surface area contributed by atoms with Gasteiger partial charge in [0.1, 0.15) is 0 Å².